The van der Waals surface area contributed by atoms with E-state index in [0.29, 0.717) is 6.42 Å². The van der Waals surface area contributed by atoms with Crippen LogP contribution in [-0.2, 0) is 19.9 Å². The van der Waals surface area contributed by atoms with Crippen LogP contribution in [0.4, 0.5) is 4.39 Å². The molecule has 0 fully saturated rings. The van der Waals surface area contributed by atoms with Crippen molar-refractivity contribution in [3.63, 3.8) is 0 Å². The Morgan fingerprint density at radius 1 is 1.38 bits per heavy atom. The zero-order valence-electron chi connectivity index (χ0n) is 12.5. The van der Waals surface area contributed by atoms with Gasteiger partial charge < -0.3 is 0 Å². The lowest BCUT2D eigenvalue weighted by Gasteiger charge is -2.16. The normalized spacial score (nSPS) is 12.7. The highest BCUT2D eigenvalue weighted by molar-refractivity contribution is 6.30. The van der Waals surface area contributed by atoms with E-state index < -0.39 is 5.82 Å². The maximum absolute atomic E-state index is 13.2. The number of aryl methyl sites for hydroxylation is 2. The van der Waals surface area contributed by atoms with Crippen molar-refractivity contribution in [3.05, 3.63) is 51.6 Å². The van der Waals surface area contributed by atoms with Crippen LogP contribution in [0.25, 0.3) is 0 Å². The largest absolute Gasteiger partial charge is 0.272 e. The van der Waals surface area contributed by atoms with Crippen LogP contribution in [0.5, 0.6) is 0 Å². The number of benzene rings is 1. The summed E-state index contributed by atoms with van der Waals surface area (Å²) in [4.78, 5) is 0. The van der Waals surface area contributed by atoms with Gasteiger partial charge >= 0.3 is 0 Å². The molecule has 0 aliphatic rings. The molecule has 1 aromatic heterocycles. The van der Waals surface area contributed by atoms with Crippen molar-refractivity contribution < 1.29 is 4.39 Å². The van der Waals surface area contributed by atoms with Crippen molar-refractivity contribution in [1.82, 2.24) is 15.2 Å². The van der Waals surface area contributed by atoms with Crippen LogP contribution in [0.1, 0.15) is 22.5 Å². The highest BCUT2D eigenvalue weighted by Crippen LogP contribution is 2.19. The van der Waals surface area contributed by atoms with E-state index in [1.54, 1.807) is 12.1 Å². The molecule has 1 heterocycles. The highest BCUT2D eigenvalue weighted by Gasteiger charge is 2.16. The average molecular weight is 311 g/mol. The van der Waals surface area contributed by atoms with Crippen molar-refractivity contribution in [2.45, 2.75) is 32.7 Å². The van der Waals surface area contributed by atoms with Gasteiger partial charge in [0.1, 0.15) is 5.82 Å². The van der Waals surface area contributed by atoms with E-state index in [1.807, 2.05) is 25.6 Å². The Hall–Kier alpha value is -1.43. The summed E-state index contributed by atoms with van der Waals surface area (Å²) in [5, 5.41) is 4.54. The molecule has 1 aromatic carbocycles. The topological polar surface area (TPSA) is 55.9 Å². The van der Waals surface area contributed by atoms with Gasteiger partial charge in [-0.1, -0.05) is 17.7 Å². The zero-order chi connectivity index (χ0) is 15.6. The van der Waals surface area contributed by atoms with Gasteiger partial charge in [-0.3, -0.25) is 16.0 Å². The number of hydrazine groups is 1. The van der Waals surface area contributed by atoms with E-state index in [1.165, 1.54) is 11.6 Å². The summed E-state index contributed by atoms with van der Waals surface area (Å²) < 4.78 is 15.1. The number of hydrogen-bond donors (Lipinski definition) is 2. The summed E-state index contributed by atoms with van der Waals surface area (Å²) in [7, 11) is 1.93. The highest BCUT2D eigenvalue weighted by atomic mass is 35.5. The Labute approximate surface area is 129 Å². The van der Waals surface area contributed by atoms with Crippen LogP contribution in [-0.4, -0.2) is 15.8 Å². The molecule has 4 nitrogen and oxygen atoms in total. The molecule has 21 heavy (non-hydrogen) atoms. The molecule has 0 spiro atoms. The maximum atomic E-state index is 13.2. The van der Waals surface area contributed by atoms with E-state index in [-0.39, 0.29) is 11.1 Å². The molecular formula is C15H20ClFN4. The molecule has 3 N–H and O–H groups in total. The molecule has 2 aromatic rings. The van der Waals surface area contributed by atoms with Crippen molar-refractivity contribution in [2.24, 2.45) is 12.9 Å². The third-order valence-corrected chi connectivity index (χ3v) is 4.10. The Bertz CT molecular complexity index is 639. The fourth-order valence-corrected chi connectivity index (χ4v) is 2.70. The van der Waals surface area contributed by atoms with Crippen molar-refractivity contribution in [2.75, 3.05) is 0 Å². The van der Waals surface area contributed by atoms with Gasteiger partial charge in [-0.05, 0) is 49.9 Å². The molecule has 114 valence electrons. The van der Waals surface area contributed by atoms with E-state index in [2.05, 4.69) is 10.5 Å². The Kier molecular flexibility index (Phi) is 4.98. The smallest absolute Gasteiger partial charge is 0.141 e. The van der Waals surface area contributed by atoms with Crippen LogP contribution in [0.3, 0.4) is 0 Å². The van der Waals surface area contributed by atoms with Crippen molar-refractivity contribution in [3.8, 4) is 0 Å². The summed E-state index contributed by atoms with van der Waals surface area (Å²) in [6.07, 6.45) is 1.43. The first-order valence-electron chi connectivity index (χ1n) is 6.81. The summed E-state index contributed by atoms with van der Waals surface area (Å²) in [5.41, 5.74) is 7.10. The molecule has 0 amide bonds. The fraction of sp³-hybridized carbons (Fsp3) is 0.400. The molecule has 0 bridgehead atoms. The van der Waals surface area contributed by atoms with E-state index >= 15 is 0 Å². The molecule has 0 saturated carbocycles. The molecule has 0 radical (unpaired) electrons. The summed E-state index contributed by atoms with van der Waals surface area (Å²) in [6.45, 7) is 4.03. The van der Waals surface area contributed by atoms with E-state index in [9.17, 15) is 4.39 Å². The molecule has 0 saturated heterocycles. The monoisotopic (exact) mass is 310 g/mol. The van der Waals surface area contributed by atoms with Gasteiger partial charge in [-0.2, -0.15) is 5.10 Å². The standard InChI is InChI=1S/C15H20ClFN4/c1-9-13(10(2)21(3)20-9)8-12(19-18)6-11-4-5-15(17)14(16)7-11/h4-5,7,12,19H,6,8,18H2,1-3H3. The first-order chi connectivity index (χ1) is 9.92. The number of aromatic nitrogens is 2. The first-order valence-corrected chi connectivity index (χ1v) is 7.19. The van der Waals surface area contributed by atoms with Gasteiger partial charge in [-0.25, -0.2) is 4.39 Å². The van der Waals surface area contributed by atoms with Gasteiger partial charge in [0.25, 0.3) is 0 Å². The van der Waals surface area contributed by atoms with Gasteiger partial charge in [0.05, 0.1) is 10.7 Å². The van der Waals surface area contributed by atoms with Gasteiger partial charge in [0.2, 0.25) is 0 Å². The number of nitrogens with two attached hydrogens (primary N) is 1. The second-order valence-electron chi connectivity index (χ2n) is 5.29. The van der Waals surface area contributed by atoms with Crippen LogP contribution >= 0.6 is 11.6 Å². The van der Waals surface area contributed by atoms with E-state index in [4.69, 9.17) is 17.4 Å². The summed E-state index contributed by atoms with van der Waals surface area (Å²) >= 11 is 5.81. The number of halogens is 2. The lowest BCUT2D eigenvalue weighted by molar-refractivity contribution is 0.519. The Morgan fingerprint density at radius 3 is 2.62 bits per heavy atom. The number of nitrogens with one attached hydrogen (secondary N) is 1. The minimum absolute atomic E-state index is 0.0353. The third-order valence-electron chi connectivity index (χ3n) is 3.81. The van der Waals surface area contributed by atoms with Crippen molar-refractivity contribution in [1.29, 1.82) is 0 Å². The Balaban J connectivity index is 2.14. The lowest BCUT2D eigenvalue weighted by Crippen LogP contribution is -2.38. The number of nitrogens with zero attached hydrogens (tertiary/aromatic N) is 2. The van der Waals surface area contributed by atoms with Gasteiger partial charge in [0.15, 0.2) is 0 Å². The van der Waals surface area contributed by atoms with Crippen LogP contribution < -0.4 is 11.3 Å². The predicted molar refractivity (Wildman–Crippen MR) is 82.6 cm³/mol. The second kappa shape index (κ2) is 6.56. The molecular weight excluding hydrogens is 291 g/mol. The van der Waals surface area contributed by atoms with Crippen LogP contribution in [0.2, 0.25) is 5.02 Å². The number of hydrogen-bond acceptors (Lipinski definition) is 3. The van der Waals surface area contributed by atoms with Gasteiger partial charge in [-0.15, -0.1) is 0 Å². The molecule has 2 rings (SSSR count). The first kappa shape index (κ1) is 15.9. The molecule has 6 heteroatoms. The second-order valence-corrected chi connectivity index (χ2v) is 5.70. The predicted octanol–water partition coefficient (Wildman–Crippen LogP) is 2.45. The molecule has 1 unspecified atom stereocenters. The van der Waals surface area contributed by atoms with Crippen molar-refractivity contribution >= 4 is 11.6 Å². The number of rotatable bonds is 5. The lowest BCUT2D eigenvalue weighted by atomic mass is 9.98. The minimum Gasteiger partial charge on any atom is -0.272 e. The maximum Gasteiger partial charge on any atom is 0.141 e. The SMILES string of the molecule is Cc1nn(C)c(C)c1CC(Cc1ccc(F)c(Cl)c1)NN. The Morgan fingerprint density at radius 2 is 2.10 bits per heavy atom. The quantitative estimate of drug-likeness (QED) is 0.659. The van der Waals surface area contributed by atoms with E-state index in [0.717, 1.165) is 23.4 Å². The minimum atomic E-state index is -0.406. The van der Waals surface area contributed by atoms with Gasteiger partial charge in [0, 0.05) is 18.8 Å². The molecule has 0 aliphatic carbocycles. The van der Waals surface area contributed by atoms with Crippen LogP contribution in [0, 0.1) is 19.7 Å². The third kappa shape index (κ3) is 3.61. The molecule has 1 atom stereocenters. The fourth-order valence-electron chi connectivity index (χ4n) is 2.50. The molecule has 0 aliphatic heterocycles. The summed E-state index contributed by atoms with van der Waals surface area (Å²) in [6, 6.07) is 4.79. The zero-order valence-corrected chi connectivity index (χ0v) is 13.2. The van der Waals surface area contributed by atoms with Crippen LogP contribution in [0.15, 0.2) is 18.2 Å². The summed E-state index contributed by atoms with van der Waals surface area (Å²) in [5.74, 6) is 5.25. The average Bonchev–Trinajstić information content (AvgIpc) is 2.68.